The molecule has 6 nitrogen and oxygen atoms in total. The quantitative estimate of drug-likeness (QED) is 0.437. The monoisotopic (exact) mass is 495 g/mol. The maximum atomic E-state index is 13.1. The first-order valence-electron chi connectivity index (χ1n) is 10.3. The van der Waals surface area contributed by atoms with Crippen LogP contribution in [0.4, 0.5) is 5.13 Å². The molecule has 0 aliphatic heterocycles. The van der Waals surface area contributed by atoms with Crippen molar-refractivity contribution < 1.29 is 13.2 Å². The lowest BCUT2D eigenvalue weighted by atomic mass is 10.1. The van der Waals surface area contributed by atoms with E-state index in [9.17, 15) is 13.2 Å². The molecule has 32 heavy (non-hydrogen) atoms. The Hall–Kier alpha value is -2.00. The number of hydrogen-bond donors (Lipinski definition) is 0. The van der Waals surface area contributed by atoms with Crippen LogP contribution in [0, 0.1) is 13.8 Å². The molecule has 0 aliphatic rings. The van der Waals surface area contributed by atoms with Gasteiger partial charge in [-0.15, -0.1) is 12.4 Å². The predicted octanol–water partition coefficient (Wildman–Crippen LogP) is 4.48. The van der Waals surface area contributed by atoms with Crippen LogP contribution in [0.3, 0.4) is 0 Å². The Kier molecular flexibility index (Phi) is 9.21. The van der Waals surface area contributed by atoms with Crippen molar-refractivity contribution in [1.82, 2.24) is 9.88 Å². The first-order chi connectivity index (χ1) is 14.7. The molecule has 9 heteroatoms. The number of anilines is 1. The Balaban J connectivity index is 0.00000363. The highest BCUT2D eigenvalue weighted by molar-refractivity contribution is 7.91. The Morgan fingerprint density at radius 3 is 2.41 bits per heavy atom. The first kappa shape index (κ1) is 26.3. The number of aromatic nitrogens is 1. The molecule has 0 fully saturated rings. The fourth-order valence-corrected chi connectivity index (χ4v) is 5.91. The van der Waals surface area contributed by atoms with Crippen LogP contribution in [0.2, 0.25) is 0 Å². The zero-order chi connectivity index (χ0) is 22.6. The van der Waals surface area contributed by atoms with E-state index >= 15 is 0 Å². The van der Waals surface area contributed by atoms with Crippen molar-refractivity contribution in [2.45, 2.75) is 31.6 Å². The molecule has 2 aromatic carbocycles. The molecular weight excluding hydrogens is 466 g/mol. The minimum Gasteiger partial charge on any atom is -0.308 e. The van der Waals surface area contributed by atoms with Gasteiger partial charge in [-0.3, -0.25) is 9.69 Å². The molecule has 1 amide bonds. The molecule has 0 saturated heterocycles. The van der Waals surface area contributed by atoms with Gasteiger partial charge >= 0.3 is 0 Å². The van der Waals surface area contributed by atoms with Gasteiger partial charge in [0.05, 0.1) is 20.9 Å². The third kappa shape index (κ3) is 6.51. The second-order valence-electron chi connectivity index (χ2n) is 8.01. The standard InChI is InChI=1S/C23H29N3O3S2.ClH/c1-17-15-18(2)22-20(16-17)30-23(24-22)26(13-12-25(3)4)21(27)11-8-14-31(28,29)19-9-6-5-7-10-19;/h5-7,9-10,15-16H,8,11-14H2,1-4H3;1H. The lowest BCUT2D eigenvalue weighted by molar-refractivity contribution is -0.118. The summed E-state index contributed by atoms with van der Waals surface area (Å²) < 4.78 is 26.1. The summed E-state index contributed by atoms with van der Waals surface area (Å²) in [6.07, 6.45) is 0.435. The van der Waals surface area contributed by atoms with Crippen molar-refractivity contribution in [3.8, 4) is 0 Å². The van der Waals surface area contributed by atoms with E-state index in [1.807, 2.05) is 32.8 Å². The van der Waals surface area contributed by atoms with Crippen LogP contribution >= 0.6 is 23.7 Å². The molecule has 1 aromatic heterocycles. The molecule has 0 unspecified atom stereocenters. The molecule has 0 bridgehead atoms. The average molecular weight is 496 g/mol. The molecule has 0 saturated carbocycles. The van der Waals surface area contributed by atoms with Crippen molar-refractivity contribution in [2.24, 2.45) is 0 Å². The number of benzene rings is 2. The summed E-state index contributed by atoms with van der Waals surface area (Å²) in [6, 6.07) is 12.6. The van der Waals surface area contributed by atoms with Crippen LogP contribution < -0.4 is 4.90 Å². The number of carbonyl (C=O) groups excluding carboxylic acids is 1. The van der Waals surface area contributed by atoms with Crippen molar-refractivity contribution in [1.29, 1.82) is 0 Å². The SMILES string of the molecule is Cc1cc(C)c2nc(N(CCN(C)C)C(=O)CCCS(=O)(=O)c3ccccc3)sc2c1.Cl. The van der Waals surface area contributed by atoms with E-state index in [-0.39, 0.29) is 36.9 Å². The highest BCUT2D eigenvalue weighted by atomic mass is 35.5. The van der Waals surface area contributed by atoms with Gasteiger partial charge < -0.3 is 4.90 Å². The summed E-state index contributed by atoms with van der Waals surface area (Å²) in [5.41, 5.74) is 3.17. The van der Waals surface area contributed by atoms with E-state index in [0.29, 0.717) is 23.1 Å². The molecule has 0 radical (unpaired) electrons. The maximum Gasteiger partial charge on any atom is 0.228 e. The highest BCUT2D eigenvalue weighted by Gasteiger charge is 2.22. The second-order valence-corrected chi connectivity index (χ2v) is 11.1. The number of carbonyl (C=O) groups is 1. The number of likely N-dealkylation sites (N-methyl/N-ethyl adjacent to an activating group) is 1. The zero-order valence-electron chi connectivity index (χ0n) is 18.9. The molecule has 0 aliphatic carbocycles. The number of halogens is 1. The van der Waals surface area contributed by atoms with Gasteiger partial charge in [0.15, 0.2) is 15.0 Å². The number of thiazole rings is 1. The number of fused-ring (bicyclic) bond motifs is 1. The molecule has 1 heterocycles. The molecule has 0 atom stereocenters. The van der Waals surface area contributed by atoms with Gasteiger partial charge in [-0.1, -0.05) is 35.6 Å². The molecule has 3 rings (SSSR count). The molecule has 0 spiro atoms. The summed E-state index contributed by atoms with van der Waals surface area (Å²) in [5, 5.41) is 0.668. The average Bonchev–Trinajstić information content (AvgIpc) is 3.12. The van der Waals surface area contributed by atoms with Crippen molar-refractivity contribution in [3.63, 3.8) is 0 Å². The van der Waals surface area contributed by atoms with E-state index in [0.717, 1.165) is 21.3 Å². The van der Waals surface area contributed by atoms with Gasteiger partial charge in [0.2, 0.25) is 5.91 Å². The Labute approximate surface area is 200 Å². The smallest absolute Gasteiger partial charge is 0.228 e. The highest BCUT2D eigenvalue weighted by Crippen LogP contribution is 2.32. The Morgan fingerprint density at radius 1 is 1.06 bits per heavy atom. The Bertz CT molecular complexity index is 1160. The number of aryl methyl sites for hydroxylation is 2. The van der Waals surface area contributed by atoms with Crippen molar-refractivity contribution in [2.75, 3.05) is 37.8 Å². The van der Waals surface area contributed by atoms with E-state index < -0.39 is 9.84 Å². The van der Waals surface area contributed by atoms with E-state index in [1.165, 1.54) is 11.3 Å². The summed E-state index contributed by atoms with van der Waals surface area (Å²) in [5.74, 6) is -0.152. The predicted molar refractivity (Wildman–Crippen MR) is 135 cm³/mol. The van der Waals surface area contributed by atoms with Crippen molar-refractivity contribution in [3.05, 3.63) is 53.6 Å². The summed E-state index contributed by atoms with van der Waals surface area (Å²) in [7, 11) is 0.524. The summed E-state index contributed by atoms with van der Waals surface area (Å²) >= 11 is 1.51. The first-order valence-corrected chi connectivity index (χ1v) is 12.7. The van der Waals surface area contributed by atoms with Crippen LogP contribution in [0.25, 0.3) is 10.2 Å². The third-order valence-corrected chi connectivity index (χ3v) is 7.87. The number of hydrogen-bond acceptors (Lipinski definition) is 6. The number of rotatable bonds is 9. The van der Waals surface area contributed by atoms with Crippen molar-refractivity contribution >= 4 is 54.8 Å². The summed E-state index contributed by atoms with van der Waals surface area (Å²) in [6.45, 7) is 5.28. The van der Waals surface area contributed by atoms with Crippen LogP contribution in [0.15, 0.2) is 47.4 Å². The minimum absolute atomic E-state index is 0. The lowest BCUT2D eigenvalue weighted by Gasteiger charge is -2.22. The normalized spacial score (nSPS) is 11.5. The van der Waals surface area contributed by atoms with Crippen LogP contribution in [0.5, 0.6) is 0 Å². The van der Waals surface area contributed by atoms with Gasteiger partial charge in [0, 0.05) is 19.5 Å². The fraction of sp³-hybridized carbons (Fsp3) is 0.391. The van der Waals surface area contributed by atoms with Crippen LogP contribution in [0.1, 0.15) is 24.0 Å². The molecule has 3 aromatic rings. The van der Waals surface area contributed by atoms with E-state index in [2.05, 4.69) is 12.1 Å². The zero-order valence-corrected chi connectivity index (χ0v) is 21.3. The van der Waals surface area contributed by atoms with Gasteiger partial charge in [-0.25, -0.2) is 13.4 Å². The minimum atomic E-state index is -3.39. The third-order valence-electron chi connectivity index (χ3n) is 5.03. The Morgan fingerprint density at radius 2 is 1.75 bits per heavy atom. The van der Waals surface area contributed by atoms with Crippen LogP contribution in [-0.2, 0) is 14.6 Å². The molecular formula is C23H30ClN3O3S2. The van der Waals surface area contributed by atoms with Gasteiger partial charge in [0.25, 0.3) is 0 Å². The summed E-state index contributed by atoms with van der Waals surface area (Å²) in [4.78, 5) is 21.8. The van der Waals surface area contributed by atoms with Crippen LogP contribution in [-0.4, -0.2) is 57.1 Å². The number of amides is 1. The number of nitrogens with zero attached hydrogens (tertiary/aromatic N) is 3. The van der Waals surface area contributed by atoms with E-state index in [4.69, 9.17) is 4.98 Å². The number of sulfone groups is 1. The topological polar surface area (TPSA) is 70.6 Å². The molecule has 174 valence electrons. The maximum absolute atomic E-state index is 13.1. The van der Waals surface area contributed by atoms with E-state index in [1.54, 1.807) is 35.2 Å². The van der Waals surface area contributed by atoms with Gasteiger partial charge in [-0.2, -0.15) is 0 Å². The fourth-order valence-electron chi connectivity index (χ4n) is 3.40. The van der Waals surface area contributed by atoms with Gasteiger partial charge in [-0.05, 0) is 63.7 Å². The second kappa shape index (κ2) is 11.2. The largest absolute Gasteiger partial charge is 0.308 e. The van der Waals surface area contributed by atoms with Gasteiger partial charge in [0.1, 0.15) is 0 Å². The lowest BCUT2D eigenvalue weighted by Crippen LogP contribution is -2.36. The molecule has 0 N–H and O–H groups in total.